The van der Waals surface area contributed by atoms with Crippen molar-refractivity contribution in [3.05, 3.63) is 82.9 Å². The molecule has 43 heavy (non-hydrogen) atoms. The van der Waals surface area contributed by atoms with E-state index in [9.17, 15) is 23.6 Å². The summed E-state index contributed by atoms with van der Waals surface area (Å²) in [7, 11) is 5.06. The lowest BCUT2D eigenvalue weighted by molar-refractivity contribution is 0.102. The molecule has 0 aliphatic heterocycles. The van der Waals surface area contributed by atoms with Gasteiger partial charge in [0.25, 0.3) is 5.91 Å². The van der Waals surface area contributed by atoms with E-state index in [4.69, 9.17) is 9.47 Å². The van der Waals surface area contributed by atoms with Crippen LogP contribution >= 0.6 is 11.3 Å². The third-order valence-electron chi connectivity index (χ3n) is 6.17. The van der Waals surface area contributed by atoms with Gasteiger partial charge >= 0.3 is 6.09 Å². The van der Waals surface area contributed by atoms with Crippen molar-refractivity contribution in [2.75, 3.05) is 43.5 Å². The Hall–Kier alpha value is -4.66. The molecule has 2 aromatic heterocycles. The quantitative estimate of drug-likeness (QED) is 0.181. The summed E-state index contributed by atoms with van der Waals surface area (Å²) in [6.45, 7) is 1.29. The Morgan fingerprint density at radius 1 is 0.977 bits per heavy atom. The second-order valence-electron chi connectivity index (χ2n) is 9.42. The predicted octanol–water partition coefficient (Wildman–Crippen LogP) is 5.77. The van der Waals surface area contributed by atoms with Gasteiger partial charge in [-0.2, -0.15) is 0 Å². The van der Waals surface area contributed by atoms with Crippen LogP contribution in [0.4, 0.5) is 30.1 Å². The smallest absolute Gasteiger partial charge is 0.415 e. The molecule has 0 bridgehead atoms. The van der Waals surface area contributed by atoms with Crippen LogP contribution in [0.1, 0.15) is 28.4 Å². The number of carbonyl (C=O) groups is 2. The lowest BCUT2D eigenvalue weighted by Gasteiger charge is -2.23. The van der Waals surface area contributed by atoms with Crippen molar-refractivity contribution in [3.8, 4) is 16.3 Å². The lowest BCUT2D eigenvalue weighted by Crippen LogP contribution is -2.33. The molecule has 0 fully saturated rings. The number of amides is 2. The molecule has 0 aliphatic carbocycles. The van der Waals surface area contributed by atoms with Crippen molar-refractivity contribution in [2.24, 2.45) is 0 Å². The maximum absolute atomic E-state index is 14.8. The maximum Gasteiger partial charge on any atom is 0.415 e. The van der Waals surface area contributed by atoms with Crippen molar-refractivity contribution in [1.82, 2.24) is 15.1 Å². The van der Waals surface area contributed by atoms with E-state index in [0.29, 0.717) is 21.7 Å². The molecule has 3 N–H and O–H groups in total. The molecule has 2 amide bonds. The fraction of sp³-hybridized carbons (Fsp3) is 0.241. The molecule has 2 aromatic carbocycles. The first-order chi connectivity index (χ1) is 20.7. The number of carbonyl (C=O) groups excluding carboxylic acids is 2. The van der Waals surface area contributed by atoms with Crippen molar-refractivity contribution in [2.45, 2.75) is 20.0 Å². The second kappa shape index (κ2) is 14.0. The van der Waals surface area contributed by atoms with Crippen LogP contribution in [0.25, 0.3) is 10.4 Å². The van der Waals surface area contributed by atoms with E-state index in [2.05, 4.69) is 21.0 Å². The van der Waals surface area contributed by atoms with E-state index in [1.165, 1.54) is 25.3 Å². The zero-order valence-electron chi connectivity index (χ0n) is 23.9. The molecule has 0 atom stereocenters. The molecule has 4 rings (SSSR count). The number of benzene rings is 2. The van der Waals surface area contributed by atoms with Gasteiger partial charge in [0.15, 0.2) is 5.82 Å². The summed E-state index contributed by atoms with van der Waals surface area (Å²) in [6, 6.07) is 13.2. The number of ether oxygens (including phenoxy) is 2. The molecule has 2 heterocycles. The normalized spacial score (nSPS) is 10.9. The molecule has 4 aromatic rings. The standard InChI is InChI=1S/C29H30F2N6O5S/c1-5-42-29(39)37(16-19-21(30)7-6-8-22(19)31)28-25(27(38)32-23-13-14-24(41-4)34-33-23)20(15-36(2)3)26(43-28)17-9-11-18(35-40)12-10-17/h6-14,35,40H,5,15-16H2,1-4H3,(H,32,33,38). The average Bonchev–Trinajstić information content (AvgIpc) is 3.35. The second-order valence-corrected chi connectivity index (χ2v) is 10.4. The first kappa shape index (κ1) is 31.3. The molecule has 14 heteroatoms. The van der Waals surface area contributed by atoms with E-state index in [1.807, 2.05) is 19.0 Å². The fourth-order valence-electron chi connectivity index (χ4n) is 4.21. The highest BCUT2D eigenvalue weighted by molar-refractivity contribution is 7.20. The minimum Gasteiger partial charge on any atom is -0.480 e. The molecule has 0 saturated carbocycles. The number of anilines is 3. The summed E-state index contributed by atoms with van der Waals surface area (Å²) in [5, 5.41) is 20.0. The molecule has 0 saturated heterocycles. The first-order valence-corrected chi connectivity index (χ1v) is 13.9. The van der Waals surface area contributed by atoms with Crippen LogP contribution in [0.2, 0.25) is 0 Å². The molecule has 226 valence electrons. The van der Waals surface area contributed by atoms with Gasteiger partial charge in [-0.3, -0.25) is 20.4 Å². The van der Waals surface area contributed by atoms with E-state index in [0.717, 1.165) is 28.4 Å². The van der Waals surface area contributed by atoms with Crippen LogP contribution in [0.5, 0.6) is 5.88 Å². The topological polar surface area (TPSA) is 129 Å². The SMILES string of the molecule is CCOC(=O)N(Cc1c(F)cccc1F)c1sc(-c2ccc(NO)cc2)c(CN(C)C)c1C(=O)Nc1ccc(OC)nn1. The van der Waals surface area contributed by atoms with Gasteiger partial charge in [-0.25, -0.2) is 13.6 Å². The largest absolute Gasteiger partial charge is 0.480 e. The van der Waals surface area contributed by atoms with Crippen LogP contribution in [0.15, 0.2) is 54.6 Å². The Kier molecular flexibility index (Phi) is 10.2. The highest BCUT2D eigenvalue weighted by Crippen LogP contribution is 2.44. The predicted molar refractivity (Wildman–Crippen MR) is 159 cm³/mol. The van der Waals surface area contributed by atoms with Gasteiger partial charge in [0.2, 0.25) is 5.88 Å². The molecule has 0 spiro atoms. The summed E-state index contributed by atoms with van der Waals surface area (Å²) in [5.41, 5.74) is 3.44. The van der Waals surface area contributed by atoms with E-state index in [1.54, 1.807) is 31.2 Å². The molecule has 0 unspecified atom stereocenters. The van der Waals surface area contributed by atoms with Crippen molar-refractivity contribution in [1.29, 1.82) is 0 Å². The van der Waals surface area contributed by atoms with Crippen LogP contribution in [0.3, 0.4) is 0 Å². The Morgan fingerprint density at radius 3 is 2.23 bits per heavy atom. The number of hydrogen-bond acceptors (Lipinski definition) is 10. The summed E-state index contributed by atoms with van der Waals surface area (Å²) >= 11 is 1.09. The van der Waals surface area contributed by atoms with E-state index < -0.39 is 30.2 Å². The van der Waals surface area contributed by atoms with E-state index in [-0.39, 0.29) is 41.0 Å². The Balaban J connectivity index is 1.94. The number of nitrogens with one attached hydrogen (secondary N) is 2. The maximum atomic E-state index is 14.8. The Labute approximate surface area is 250 Å². The number of methoxy groups -OCH3 is 1. The number of rotatable bonds is 11. The monoisotopic (exact) mass is 612 g/mol. The minimum atomic E-state index is -0.896. The highest BCUT2D eigenvalue weighted by atomic mass is 32.1. The van der Waals surface area contributed by atoms with Crippen molar-refractivity contribution in [3.63, 3.8) is 0 Å². The van der Waals surface area contributed by atoms with Gasteiger partial charge in [-0.15, -0.1) is 21.5 Å². The number of nitrogens with zero attached hydrogens (tertiary/aromatic N) is 4. The first-order valence-electron chi connectivity index (χ1n) is 13.0. The summed E-state index contributed by atoms with van der Waals surface area (Å²) in [6.07, 6.45) is -0.896. The summed E-state index contributed by atoms with van der Waals surface area (Å²) in [4.78, 5) is 30.9. The van der Waals surface area contributed by atoms with Gasteiger partial charge in [-0.1, -0.05) is 18.2 Å². The van der Waals surface area contributed by atoms with Gasteiger partial charge in [-0.05, 0) is 62.5 Å². The molecule has 0 aliphatic rings. The number of aromatic nitrogens is 2. The number of hydrogen-bond donors (Lipinski definition) is 3. The van der Waals surface area contributed by atoms with Crippen LogP contribution < -0.4 is 20.4 Å². The fourth-order valence-corrected chi connectivity index (χ4v) is 5.51. The zero-order chi connectivity index (χ0) is 31.1. The van der Waals surface area contributed by atoms with Gasteiger partial charge in [0.1, 0.15) is 16.6 Å². The van der Waals surface area contributed by atoms with Crippen LogP contribution in [-0.2, 0) is 17.8 Å². The Morgan fingerprint density at radius 2 is 1.67 bits per heavy atom. The van der Waals surface area contributed by atoms with Crippen molar-refractivity contribution >= 4 is 39.8 Å². The van der Waals surface area contributed by atoms with E-state index >= 15 is 0 Å². The molecule has 0 radical (unpaired) electrons. The average molecular weight is 613 g/mol. The third kappa shape index (κ3) is 7.23. The summed E-state index contributed by atoms with van der Waals surface area (Å²) in [5.74, 6) is -1.99. The number of halogens is 2. The minimum absolute atomic E-state index is 0.0174. The van der Waals surface area contributed by atoms with Crippen LogP contribution in [-0.4, -0.2) is 60.1 Å². The van der Waals surface area contributed by atoms with Crippen LogP contribution in [0, 0.1) is 11.6 Å². The molecule has 11 nitrogen and oxygen atoms in total. The van der Waals surface area contributed by atoms with Gasteiger partial charge in [0.05, 0.1) is 31.5 Å². The lowest BCUT2D eigenvalue weighted by atomic mass is 10.0. The van der Waals surface area contributed by atoms with Gasteiger partial charge < -0.3 is 19.7 Å². The zero-order valence-corrected chi connectivity index (χ0v) is 24.7. The van der Waals surface area contributed by atoms with Gasteiger partial charge in [0, 0.05) is 23.1 Å². The molecular weight excluding hydrogens is 582 g/mol. The third-order valence-corrected chi connectivity index (χ3v) is 7.47. The summed E-state index contributed by atoms with van der Waals surface area (Å²) < 4.78 is 40.0. The van der Waals surface area contributed by atoms with Crippen molar-refractivity contribution < 1.29 is 33.1 Å². The number of thiophene rings is 1. The Bertz CT molecular complexity index is 1560. The highest BCUT2D eigenvalue weighted by Gasteiger charge is 2.32. The molecular formula is C29H30F2N6O5S.